The smallest absolute Gasteiger partial charge is 0.220 e. The van der Waals surface area contributed by atoms with Gasteiger partial charge >= 0.3 is 0 Å². The molecule has 2 N–H and O–H groups in total. The third-order valence-electron chi connectivity index (χ3n) is 4.37. The number of carbonyl (C=O) groups excluding carboxylic acids is 1. The van der Waals surface area contributed by atoms with Crippen LogP contribution in [0.1, 0.15) is 51.1 Å². The fourth-order valence-electron chi connectivity index (χ4n) is 3.00. The van der Waals surface area contributed by atoms with Crippen molar-refractivity contribution in [3.63, 3.8) is 0 Å². The Balaban J connectivity index is 2.00. The van der Waals surface area contributed by atoms with Gasteiger partial charge in [0.05, 0.1) is 0 Å². The van der Waals surface area contributed by atoms with E-state index in [-0.39, 0.29) is 17.5 Å². The average Bonchev–Trinajstić information content (AvgIpc) is 2.55. The van der Waals surface area contributed by atoms with E-state index in [0.29, 0.717) is 13.0 Å². The third-order valence-corrected chi connectivity index (χ3v) is 4.37. The van der Waals surface area contributed by atoms with Crippen LogP contribution in [0.2, 0.25) is 0 Å². The minimum Gasteiger partial charge on any atom is -0.381 e. The Morgan fingerprint density at radius 3 is 2.59 bits per heavy atom. The second-order valence-corrected chi connectivity index (χ2v) is 6.20. The largest absolute Gasteiger partial charge is 0.381 e. The summed E-state index contributed by atoms with van der Waals surface area (Å²) in [6, 6.07) is 10.7. The highest BCUT2D eigenvalue weighted by Crippen LogP contribution is 2.25. The zero-order chi connectivity index (χ0) is 15.8. The van der Waals surface area contributed by atoms with Crippen LogP contribution in [0.3, 0.4) is 0 Å². The summed E-state index contributed by atoms with van der Waals surface area (Å²) in [5.74, 6) is 0.141. The number of rotatable bonds is 7. The Bertz CT molecular complexity index is 455. The Kier molecular flexibility index (Phi) is 6.40. The topological polar surface area (TPSA) is 50.4 Å². The zero-order valence-electron chi connectivity index (χ0n) is 13.7. The number of hydrogen-bond donors (Lipinski definition) is 2. The molecule has 0 aliphatic carbocycles. The van der Waals surface area contributed by atoms with E-state index in [0.717, 1.165) is 32.5 Å². The maximum absolute atomic E-state index is 11.8. The van der Waals surface area contributed by atoms with Gasteiger partial charge in [0.25, 0.3) is 0 Å². The predicted octanol–water partition coefficient (Wildman–Crippen LogP) is 2.80. The minimum atomic E-state index is -0.0725. The van der Waals surface area contributed by atoms with E-state index in [1.807, 2.05) is 13.0 Å². The van der Waals surface area contributed by atoms with Crippen molar-refractivity contribution in [1.82, 2.24) is 10.6 Å². The van der Waals surface area contributed by atoms with Crippen LogP contribution in [-0.2, 0) is 9.53 Å². The third kappa shape index (κ3) is 4.82. The van der Waals surface area contributed by atoms with Crippen LogP contribution in [0.15, 0.2) is 30.3 Å². The number of benzene rings is 1. The van der Waals surface area contributed by atoms with Crippen LogP contribution in [-0.4, -0.2) is 31.2 Å². The molecule has 1 atom stereocenters. The second kappa shape index (κ2) is 8.30. The summed E-state index contributed by atoms with van der Waals surface area (Å²) in [4.78, 5) is 11.8. The number of nitrogens with one attached hydrogen (secondary N) is 2. The lowest BCUT2D eigenvalue weighted by Gasteiger charge is -2.40. The molecule has 22 heavy (non-hydrogen) atoms. The lowest BCUT2D eigenvalue weighted by molar-refractivity contribution is -0.121. The van der Waals surface area contributed by atoms with Gasteiger partial charge in [-0.15, -0.1) is 0 Å². The van der Waals surface area contributed by atoms with Gasteiger partial charge in [-0.1, -0.05) is 37.3 Å². The average molecular weight is 304 g/mol. The molecule has 4 heteroatoms. The van der Waals surface area contributed by atoms with Gasteiger partial charge in [-0.25, -0.2) is 0 Å². The number of ether oxygens (including phenoxy) is 1. The highest BCUT2D eigenvalue weighted by atomic mass is 16.5. The predicted molar refractivity (Wildman–Crippen MR) is 88.7 cm³/mol. The van der Waals surface area contributed by atoms with Gasteiger partial charge in [-0.2, -0.15) is 0 Å². The Labute approximate surface area is 133 Å². The van der Waals surface area contributed by atoms with Crippen LogP contribution in [0.25, 0.3) is 0 Å². The molecule has 1 heterocycles. The van der Waals surface area contributed by atoms with Gasteiger partial charge in [-0.05, 0) is 31.7 Å². The van der Waals surface area contributed by atoms with Crippen LogP contribution in [0.5, 0.6) is 0 Å². The van der Waals surface area contributed by atoms with Crippen molar-refractivity contribution in [3.05, 3.63) is 35.9 Å². The van der Waals surface area contributed by atoms with Crippen LogP contribution < -0.4 is 10.6 Å². The molecular formula is C18H28N2O2. The summed E-state index contributed by atoms with van der Waals surface area (Å²) in [5.41, 5.74) is 1.20. The first-order chi connectivity index (χ1) is 10.7. The first-order valence-electron chi connectivity index (χ1n) is 8.32. The van der Waals surface area contributed by atoms with E-state index in [1.54, 1.807) is 0 Å². The number of hydrogen-bond acceptors (Lipinski definition) is 3. The molecule has 1 saturated heterocycles. The highest BCUT2D eigenvalue weighted by Gasteiger charge is 2.34. The van der Waals surface area contributed by atoms with Crippen LogP contribution in [0, 0.1) is 0 Å². The summed E-state index contributed by atoms with van der Waals surface area (Å²) in [7, 11) is 0. The monoisotopic (exact) mass is 304 g/mol. The lowest BCUT2D eigenvalue weighted by Crippen LogP contribution is -2.57. The Hall–Kier alpha value is -1.39. The quantitative estimate of drug-likeness (QED) is 0.814. The number of carbonyl (C=O) groups is 1. The SMILES string of the molecule is CCCC(=O)NCC1(NC(C)c2ccccc2)CCOCC1. The molecule has 0 aromatic heterocycles. The summed E-state index contributed by atoms with van der Waals surface area (Å²) in [5, 5.41) is 6.85. The Morgan fingerprint density at radius 2 is 1.95 bits per heavy atom. The fourth-order valence-corrected chi connectivity index (χ4v) is 3.00. The van der Waals surface area contributed by atoms with Crippen LogP contribution >= 0.6 is 0 Å². The molecular weight excluding hydrogens is 276 g/mol. The number of amides is 1. The lowest BCUT2D eigenvalue weighted by atomic mass is 9.88. The van der Waals surface area contributed by atoms with E-state index in [2.05, 4.69) is 41.8 Å². The molecule has 0 radical (unpaired) electrons. The molecule has 0 bridgehead atoms. The first-order valence-corrected chi connectivity index (χ1v) is 8.32. The normalized spacial score (nSPS) is 18.6. The van der Waals surface area contributed by atoms with Gasteiger partial charge < -0.3 is 15.4 Å². The molecule has 1 aliphatic heterocycles. The van der Waals surface area contributed by atoms with E-state index in [9.17, 15) is 4.79 Å². The molecule has 1 amide bonds. The van der Waals surface area contributed by atoms with E-state index in [4.69, 9.17) is 4.74 Å². The molecule has 1 aromatic carbocycles. The van der Waals surface area contributed by atoms with Gasteiger partial charge in [0, 0.05) is 37.8 Å². The molecule has 0 spiro atoms. The summed E-state index contributed by atoms with van der Waals surface area (Å²) in [6.45, 7) is 6.38. The van der Waals surface area contributed by atoms with E-state index >= 15 is 0 Å². The maximum atomic E-state index is 11.8. The van der Waals surface area contributed by atoms with E-state index < -0.39 is 0 Å². The summed E-state index contributed by atoms with van der Waals surface area (Å²) >= 11 is 0. The molecule has 1 fully saturated rings. The molecule has 1 aromatic rings. The highest BCUT2D eigenvalue weighted by molar-refractivity contribution is 5.75. The molecule has 1 aliphatic rings. The van der Waals surface area contributed by atoms with Crippen molar-refractivity contribution in [3.8, 4) is 0 Å². The van der Waals surface area contributed by atoms with Crippen molar-refractivity contribution >= 4 is 5.91 Å². The summed E-state index contributed by atoms with van der Waals surface area (Å²) < 4.78 is 5.51. The van der Waals surface area contributed by atoms with Gasteiger partial charge in [-0.3, -0.25) is 4.79 Å². The summed E-state index contributed by atoms with van der Waals surface area (Å²) in [6.07, 6.45) is 3.34. The first kappa shape index (κ1) is 17.0. The van der Waals surface area contributed by atoms with Crippen molar-refractivity contribution in [2.75, 3.05) is 19.8 Å². The molecule has 0 saturated carbocycles. The van der Waals surface area contributed by atoms with E-state index in [1.165, 1.54) is 5.56 Å². The van der Waals surface area contributed by atoms with Crippen molar-refractivity contribution in [2.24, 2.45) is 0 Å². The molecule has 2 rings (SSSR count). The van der Waals surface area contributed by atoms with Crippen LogP contribution in [0.4, 0.5) is 0 Å². The van der Waals surface area contributed by atoms with Crippen molar-refractivity contribution in [2.45, 2.75) is 51.1 Å². The van der Waals surface area contributed by atoms with Crippen molar-refractivity contribution in [1.29, 1.82) is 0 Å². The molecule has 122 valence electrons. The Morgan fingerprint density at radius 1 is 1.27 bits per heavy atom. The van der Waals surface area contributed by atoms with Crippen molar-refractivity contribution < 1.29 is 9.53 Å². The second-order valence-electron chi connectivity index (χ2n) is 6.20. The molecule has 4 nitrogen and oxygen atoms in total. The van der Waals surface area contributed by atoms with Gasteiger partial charge in [0.2, 0.25) is 5.91 Å². The standard InChI is InChI=1S/C18H28N2O2/c1-3-7-17(21)19-14-18(10-12-22-13-11-18)20-15(2)16-8-5-4-6-9-16/h4-6,8-9,15,20H,3,7,10-14H2,1-2H3,(H,19,21). The molecule has 1 unspecified atom stereocenters. The van der Waals surface area contributed by atoms with Gasteiger partial charge in [0.1, 0.15) is 0 Å². The fraction of sp³-hybridized carbons (Fsp3) is 0.611. The minimum absolute atomic E-state index is 0.0725. The van der Waals surface area contributed by atoms with Gasteiger partial charge in [0.15, 0.2) is 0 Å². The maximum Gasteiger partial charge on any atom is 0.220 e. The zero-order valence-corrected chi connectivity index (χ0v) is 13.7.